The molecular formula is C10H14N2O. The van der Waals surface area contributed by atoms with Gasteiger partial charge in [-0.15, -0.1) is 0 Å². The molecule has 0 saturated carbocycles. The molecule has 0 bridgehead atoms. The highest BCUT2D eigenvalue weighted by Gasteiger charge is 2.15. The molecule has 1 aromatic heterocycles. The molecule has 0 unspecified atom stereocenters. The van der Waals surface area contributed by atoms with Gasteiger partial charge in [-0.2, -0.15) is 0 Å². The second-order valence-corrected chi connectivity index (χ2v) is 3.66. The molecule has 0 spiro atoms. The van der Waals surface area contributed by atoms with Gasteiger partial charge in [-0.1, -0.05) is 0 Å². The van der Waals surface area contributed by atoms with Crippen molar-refractivity contribution < 1.29 is 0 Å². The second kappa shape index (κ2) is 2.98. The van der Waals surface area contributed by atoms with Crippen LogP contribution in [-0.2, 0) is 19.9 Å². The van der Waals surface area contributed by atoms with E-state index in [2.05, 4.69) is 4.98 Å². The van der Waals surface area contributed by atoms with Gasteiger partial charge in [-0.05, 0) is 32.6 Å². The lowest BCUT2D eigenvalue weighted by atomic mass is 10.00. The van der Waals surface area contributed by atoms with Crippen molar-refractivity contribution in [3.63, 3.8) is 0 Å². The Kier molecular flexibility index (Phi) is 1.94. The monoisotopic (exact) mass is 178 g/mol. The molecule has 1 heterocycles. The highest BCUT2D eigenvalue weighted by molar-refractivity contribution is 5.18. The Balaban J connectivity index is 2.67. The summed E-state index contributed by atoms with van der Waals surface area (Å²) in [6.45, 7) is 1.79. The lowest BCUT2D eigenvalue weighted by Crippen LogP contribution is -2.27. The van der Waals surface area contributed by atoms with Gasteiger partial charge in [0.25, 0.3) is 5.56 Å². The van der Waals surface area contributed by atoms with Crippen molar-refractivity contribution in [2.24, 2.45) is 7.05 Å². The minimum Gasteiger partial charge on any atom is -0.312 e. The van der Waals surface area contributed by atoms with Gasteiger partial charge in [0.2, 0.25) is 0 Å². The van der Waals surface area contributed by atoms with Crippen molar-refractivity contribution in [1.82, 2.24) is 9.55 Å². The Morgan fingerprint density at radius 1 is 1.31 bits per heavy atom. The maximum absolute atomic E-state index is 11.5. The standard InChI is InChI=1S/C10H14N2O/c1-7-10(13)12(2)9-6-4-3-5-8(9)11-7/h3-6H2,1-2H3. The van der Waals surface area contributed by atoms with Crippen molar-refractivity contribution in [3.05, 3.63) is 27.4 Å². The van der Waals surface area contributed by atoms with E-state index in [9.17, 15) is 4.79 Å². The van der Waals surface area contributed by atoms with E-state index in [1.807, 2.05) is 7.05 Å². The van der Waals surface area contributed by atoms with Gasteiger partial charge >= 0.3 is 0 Å². The Morgan fingerprint density at radius 3 is 2.77 bits per heavy atom. The summed E-state index contributed by atoms with van der Waals surface area (Å²) in [6, 6.07) is 0. The van der Waals surface area contributed by atoms with E-state index in [0.717, 1.165) is 24.2 Å². The highest BCUT2D eigenvalue weighted by atomic mass is 16.1. The van der Waals surface area contributed by atoms with Crippen LogP contribution in [0.25, 0.3) is 0 Å². The van der Waals surface area contributed by atoms with E-state index in [1.165, 1.54) is 12.8 Å². The third-order valence-corrected chi connectivity index (χ3v) is 2.73. The normalized spacial score (nSPS) is 15.5. The number of hydrogen-bond donors (Lipinski definition) is 0. The van der Waals surface area contributed by atoms with Crippen molar-refractivity contribution in [2.75, 3.05) is 0 Å². The van der Waals surface area contributed by atoms with Gasteiger partial charge in [0, 0.05) is 12.7 Å². The molecule has 0 atom stereocenters. The third kappa shape index (κ3) is 1.28. The predicted octanol–water partition coefficient (Wildman–Crippen LogP) is 0.968. The zero-order valence-electron chi connectivity index (χ0n) is 8.13. The zero-order valence-corrected chi connectivity index (χ0v) is 8.13. The maximum Gasteiger partial charge on any atom is 0.271 e. The van der Waals surface area contributed by atoms with Gasteiger partial charge in [-0.3, -0.25) is 9.78 Å². The summed E-state index contributed by atoms with van der Waals surface area (Å²) in [5, 5.41) is 0. The first-order valence-electron chi connectivity index (χ1n) is 4.75. The summed E-state index contributed by atoms with van der Waals surface area (Å²) in [5.74, 6) is 0. The highest BCUT2D eigenvalue weighted by Crippen LogP contribution is 2.17. The Hall–Kier alpha value is -1.12. The van der Waals surface area contributed by atoms with E-state index in [0.29, 0.717) is 5.69 Å². The molecule has 0 radical (unpaired) electrons. The molecule has 0 aliphatic heterocycles. The fourth-order valence-corrected chi connectivity index (χ4v) is 1.97. The molecule has 3 heteroatoms. The Labute approximate surface area is 77.4 Å². The fraction of sp³-hybridized carbons (Fsp3) is 0.600. The molecule has 3 nitrogen and oxygen atoms in total. The van der Waals surface area contributed by atoms with Crippen molar-refractivity contribution in [3.8, 4) is 0 Å². The molecule has 13 heavy (non-hydrogen) atoms. The van der Waals surface area contributed by atoms with Crippen molar-refractivity contribution >= 4 is 0 Å². The van der Waals surface area contributed by atoms with Crippen LogP contribution < -0.4 is 5.56 Å². The van der Waals surface area contributed by atoms with E-state index in [-0.39, 0.29) is 5.56 Å². The summed E-state index contributed by atoms with van der Waals surface area (Å²) in [6.07, 6.45) is 4.43. The van der Waals surface area contributed by atoms with Crippen LogP contribution in [0, 0.1) is 6.92 Å². The number of fused-ring (bicyclic) bond motifs is 1. The lowest BCUT2D eigenvalue weighted by molar-refractivity contribution is 0.599. The van der Waals surface area contributed by atoms with Crippen LogP contribution in [0.5, 0.6) is 0 Å². The SMILES string of the molecule is Cc1nc2c(n(C)c1=O)CCCC2. The molecule has 0 saturated heterocycles. The number of aromatic nitrogens is 2. The number of nitrogens with zero attached hydrogens (tertiary/aromatic N) is 2. The van der Waals surface area contributed by atoms with Gasteiger partial charge in [0.05, 0.1) is 5.69 Å². The predicted molar refractivity (Wildman–Crippen MR) is 50.9 cm³/mol. The van der Waals surface area contributed by atoms with E-state index >= 15 is 0 Å². The van der Waals surface area contributed by atoms with Crippen LogP contribution >= 0.6 is 0 Å². The minimum absolute atomic E-state index is 0.0562. The van der Waals surface area contributed by atoms with Crippen LogP contribution in [0.2, 0.25) is 0 Å². The third-order valence-electron chi connectivity index (χ3n) is 2.73. The second-order valence-electron chi connectivity index (χ2n) is 3.66. The summed E-state index contributed by atoms with van der Waals surface area (Å²) in [7, 11) is 1.85. The lowest BCUT2D eigenvalue weighted by Gasteiger charge is -2.18. The molecule has 0 N–H and O–H groups in total. The Bertz CT molecular complexity index is 393. The van der Waals surface area contributed by atoms with E-state index in [4.69, 9.17) is 0 Å². The van der Waals surface area contributed by atoms with Crippen LogP contribution in [0.15, 0.2) is 4.79 Å². The molecule has 1 aromatic rings. The van der Waals surface area contributed by atoms with Crippen LogP contribution in [0.1, 0.15) is 29.9 Å². The molecule has 1 aliphatic rings. The molecule has 1 aliphatic carbocycles. The quantitative estimate of drug-likeness (QED) is 0.593. The molecule has 0 fully saturated rings. The average molecular weight is 178 g/mol. The number of aryl methyl sites for hydroxylation is 2. The first-order valence-corrected chi connectivity index (χ1v) is 4.75. The van der Waals surface area contributed by atoms with E-state index < -0.39 is 0 Å². The Morgan fingerprint density at radius 2 is 2.00 bits per heavy atom. The summed E-state index contributed by atoms with van der Waals surface area (Å²) < 4.78 is 1.76. The number of hydrogen-bond acceptors (Lipinski definition) is 2. The first kappa shape index (κ1) is 8.48. The van der Waals surface area contributed by atoms with Gasteiger partial charge in [-0.25, -0.2) is 0 Å². The van der Waals surface area contributed by atoms with Gasteiger partial charge < -0.3 is 4.57 Å². The van der Waals surface area contributed by atoms with Crippen LogP contribution in [0.4, 0.5) is 0 Å². The van der Waals surface area contributed by atoms with Crippen molar-refractivity contribution in [1.29, 1.82) is 0 Å². The minimum atomic E-state index is 0.0562. The summed E-state index contributed by atoms with van der Waals surface area (Å²) in [5.41, 5.74) is 2.96. The van der Waals surface area contributed by atoms with Gasteiger partial charge in [0.1, 0.15) is 5.69 Å². The fourth-order valence-electron chi connectivity index (χ4n) is 1.97. The van der Waals surface area contributed by atoms with Crippen LogP contribution in [-0.4, -0.2) is 9.55 Å². The summed E-state index contributed by atoms with van der Waals surface area (Å²) >= 11 is 0. The topological polar surface area (TPSA) is 34.9 Å². The largest absolute Gasteiger partial charge is 0.312 e. The van der Waals surface area contributed by atoms with Crippen molar-refractivity contribution in [2.45, 2.75) is 32.6 Å². The smallest absolute Gasteiger partial charge is 0.271 e. The molecular weight excluding hydrogens is 164 g/mol. The molecule has 2 rings (SSSR count). The maximum atomic E-state index is 11.5. The average Bonchev–Trinajstić information content (AvgIpc) is 2.15. The van der Waals surface area contributed by atoms with Gasteiger partial charge in [0.15, 0.2) is 0 Å². The molecule has 0 amide bonds. The zero-order chi connectivity index (χ0) is 9.42. The molecule has 0 aromatic carbocycles. The molecule has 70 valence electrons. The summed E-state index contributed by atoms with van der Waals surface area (Å²) in [4.78, 5) is 15.9. The number of rotatable bonds is 0. The van der Waals surface area contributed by atoms with Crippen LogP contribution in [0.3, 0.4) is 0 Å². The van der Waals surface area contributed by atoms with E-state index in [1.54, 1.807) is 11.5 Å². The first-order chi connectivity index (χ1) is 6.20.